The van der Waals surface area contributed by atoms with Crippen molar-refractivity contribution in [3.63, 3.8) is 0 Å². The molecule has 0 spiro atoms. The van der Waals surface area contributed by atoms with E-state index in [1.165, 1.54) is 12.2 Å². The third-order valence-electron chi connectivity index (χ3n) is 3.06. The summed E-state index contributed by atoms with van der Waals surface area (Å²) in [6.07, 6.45) is -0.0436. The Morgan fingerprint density at radius 2 is 1.14 bits per heavy atom. The molecule has 0 radical (unpaired) electrons. The Kier molecular flexibility index (Phi) is 5.56. The minimum absolute atomic E-state index is 0.403. The fourth-order valence-corrected chi connectivity index (χ4v) is 4.52. The molecule has 118 valence electrons. The molecule has 0 amide bonds. The Balaban J connectivity index is 3.17. The summed E-state index contributed by atoms with van der Waals surface area (Å²) in [5.41, 5.74) is 0.210. The molecule has 5 nitrogen and oxygen atoms in total. The maximum atomic E-state index is 12.7. The molecule has 0 saturated heterocycles. The van der Waals surface area contributed by atoms with Gasteiger partial charge in [0.1, 0.15) is 0 Å². The van der Waals surface area contributed by atoms with E-state index in [1.54, 1.807) is 0 Å². The number of hydrogen-bond donors (Lipinski definition) is 2. The van der Waals surface area contributed by atoms with Gasteiger partial charge in [0.2, 0.25) is 0 Å². The number of aromatic nitrogens is 2. The van der Waals surface area contributed by atoms with Crippen LogP contribution in [0.2, 0.25) is 0 Å². The van der Waals surface area contributed by atoms with Gasteiger partial charge in [-0.25, -0.2) is 4.79 Å². The first-order valence-electron chi connectivity index (χ1n) is 5.87. The summed E-state index contributed by atoms with van der Waals surface area (Å²) < 4.78 is 4.66. The van der Waals surface area contributed by atoms with Crippen molar-refractivity contribution in [2.75, 3.05) is 0 Å². The van der Waals surface area contributed by atoms with Crippen LogP contribution in [0, 0.1) is 0 Å². The number of benzene rings is 1. The van der Waals surface area contributed by atoms with Crippen molar-refractivity contribution in [2.45, 2.75) is 12.5 Å². The molecular formula is C13H10Br4N2O3. The topological polar surface area (TPSA) is 67.4 Å². The van der Waals surface area contributed by atoms with Crippen LogP contribution in [0.15, 0.2) is 48.0 Å². The van der Waals surface area contributed by atoms with E-state index in [0.29, 0.717) is 28.9 Å². The highest BCUT2D eigenvalue weighted by molar-refractivity contribution is 9.15. The van der Waals surface area contributed by atoms with Gasteiger partial charge in [-0.15, -0.1) is 0 Å². The zero-order chi connectivity index (χ0) is 16.8. The number of aliphatic hydroxyl groups excluding tert-OH is 2. The summed E-state index contributed by atoms with van der Waals surface area (Å²) in [5, 5.41) is 20.2. The number of rotatable bonds is 4. The normalized spacial score (nSPS) is 14.1. The Hall–Kier alpha value is -0.190. The molecule has 0 aliphatic rings. The van der Waals surface area contributed by atoms with E-state index in [9.17, 15) is 15.0 Å². The van der Waals surface area contributed by atoms with E-state index in [2.05, 4.69) is 76.9 Å². The van der Waals surface area contributed by atoms with Gasteiger partial charge in [0.05, 0.1) is 20.0 Å². The maximum absolute atomic E-state index is 12.7. The summed E-state index contributed by atoms with van der Waals surface area (Å²) in [7, 11) is 0. The highest BCUT2D eigenvalue weighted by atomic mass is 79.9. The minimum Gasteiger partial charge on any atom is -0.369 e. The second-order valence-electron chi connectivity index (χ2n) is 4.27. The second-order valence-corrected chi connectivity index (χ2v) is 7.45. The second kappa shape index (κ2) is 6.74. The lowest BCUT2D eigenvalue weighted by Gasteiger charge is -2.12. The van der Waals surface area contributed by atoms with E-state index in [1.807, 2.05) is 0 Å². The summed E-state index contributed by atoms with van der Waals surface area (Å²) in [6.45, 7) is 7.00. The molecule has 1 aromatic carbocycles. The van der Waals surface area contributed by atoms with E-state index < -0.39 is 18.1 Å². The number of aliphatic hydroxyl groups is 2. The van der Waals surface area contributed by atoms with E-state index in [0.717, 1.165) is 9.13 Å². The van der Waals surface area contributed by atoms with Crippen molar-refractivity contribution in [3.8, 4) is 0 Å². The van der Waals surface area contributed by atoms with Crippen LogP contribution in [0.3, 0.4) is 0 Å². The molecule has 0 bridgehead atoms. The van der Waals surface area contributed by atoms with Crippen molar-refractivity contribution >= 4 is 74.8 Å². The van der Waals surface area contributed by atoms with Crippen molar-refractivity contribution in [2.24, 2.45) is 0 Å². The molecule has 2 atom stereocenters. The lowest BCUT2D eigenvalue weighted by Crippen LogP contribution is -2.28. The van der Waals surface area contributed by atoms with E-state index in [4.69, 9.17) is 0 Å². The summed E-state index contributed by atoms with van der Waals surface area (Å²) in [6, 6.07) is 0. The van der Waals surface area contributed by atoms with Gasteiger partial charge in [-0.1, -0.05) is 13.2 Å². The third-order valence-corrected chi connectivity index (χ3v) is 7.79. The molecule has 0 fully saturated rings. The van der Waals surface area contributed by atoms with Crippen molar-refractivity contribution in [3.05, 3.63) is 53.7 Å². The SMILES string of the molecule is C=CC(O)n1c(=O)n(C(O)C=C)c2c(Br)c(Br)c(Br)c(Br)c21. The molecule has 0 saturated carbocycles. The standard InChI is InChI=1S/C13H10Br4N2O3/c1-3-5(20)18-11-9(16)7(14)8(15)10(17)12(11)19(13(18)22)6(21)4-2/h3-6,20-21H,1-2H2. The molecule has 22 heavy (non-hydrogen) atoms. The number of nitrogens with zero attached hydrogens (tertiary/aromatic N) is 2. The molecule has 2 aromatic rings. The van der Waals surface area contributed by atoms with Crippen LogP contribution in [0.5, 0.6) is 0 Å². The molecule has 2 unspecified atom stereocenters. The van der Waals surface area contributed by atoms with Gasteiger partial charge in [-0.3, -0.25) is 9.13 Å². The van der Waals surface area contributed by atoms with Crippen LogP contribution < -0.4 is 5.69 Å². The van der Waals surface area contributed by atoms with Gasteiger partial charge < -0.3 is 10.2 Å². The molecule has 0 aliphatic carbocycles. The molecule has 9 heteroatoms. The van der Waals surface area contributed by atoms with Crippen molar-refractivity contribution in [1.82, 2.24) is 9.13 Å². The van der Waals surface area contributed by atoms with Crippen molar-refractivity contribution < 1.29 is 10.2 Å². The van der Waals surface area contributed by atoms with Crippen LogP contribution >= 0.6 is 63.7 Å². The minimum atomic E-state index is -1.25. The Bertz CT molecular complexity index is 774. The number of hydrogen-bond acceptors (Lipinski definition) is 3. The Morgan fingerprint density at radius 3 is 1.41 bits per heavy atom. The zero-order valence-corrected chi connectivity index (χ0v) is 17.3. The van der Waals surface area contributed by atoms with Crippen LogP contribution in [0.4, 0.5) is 0 Å². The average Bonchev–Trinajstić information content (AvgIpc) is 2.82. The molecule has 0 aliphatic heterocycles. The van der Waals surface area contributed by atoms with Crippen LogP contribution in [-0.4, -0.2) is 19.3 Å². The zero-order valence-electron chi connectivity index (χ0n) is 10.9. The number of halogens is 4. The van der Waals surface area contributed by atoms with Crippen LogP contribution in [0.25, 0.3) is 11.0 Å². The molecule has 1 heterocycles. The molecular weight excluding hydrogens is 552 g/mol. The van der Waals surface area contributed by atoms with E-state index >= 15 is 0 Å². The smallest absolute Gasteiger partial charge is 0.333 e. The highest BCUT2D eigenvalue weighted by Crippen LogP contribution is 2.44. The van der Waals surface area contributed by atoms with Gasteiger partial charge >= 0.3 is 5.69 Å². The van der Waals surface area contributed by atoms with Gasteiger partial charge in [-0.05, 0) is 75.9 Å². The summed E-state index contributed by atoms with van der Waals surface area (Å²) in [5.74, 6) is 0. The molecule has 2 N–H and O–H groups in total. The predicted molar refractivity (Wildman–Crippen MR) is 99.9 cm³/mol. The summed E-state index contributed by atoms with van der Waals surface area (Å²) in [4.78, 5) is 12.7. The quantitative estimate of drug-likeness (QED) is 0.334. The Labute approximate surface area is 159 Å². The lowest BCUT2D eigenvalue weighted by atomic mass is 10.3. The maximum Gasteiger partial charge on any atom is 0.333 e. The van der Waals surface area contributed by atoms with Gasteiger partial charge in [-0.2, -0.15) is 0 Å². The van der Waals surface area contributed by atoms with Gasteiger partial charge in [0.25, 0.3) is 0 Å². The summed E-state index contributed by atoms with van der Waals surface area (Å²) >= 11 is 13.6. The van der Waals surface area contributed by atoms with Crippen LogP contribution in [0.1, 0.15) is 12.5 Å². The predicted octanol–water partition coefficient (Wildman–Crippen LogP) is 4.21. The Morgan fingerprint density at radius 1 is 0.818 bits per heavy atom. The molecule has 1 aromatic heterocycles. The lowest BCUT2D eigenvalue weighted by molar-refractivity contribution is 0.136. The first-order chi connectivity index (χ1) is 10.3. The fraction of sp³-hybridized carbons (Fsp3) is 0.154. The first-order valence-corrected chi connectivity index (χ1v) is 9.04. The van der Waals surface area contributed by atoms with Gasteiger partial charge in [0.15, 0.2) is 12.5 Å². The van der Waals surface area contributed by atoms with E-state index in [-0.39, 0.29) is 0 Å². The van der Waals surface area contributed by atoms with Gasteiger partial charge in [0, 0.05) is 8.95 Å². The monoisotopic (exact) mass is 558 g/mol. The number of imidazole rings is 1. The molecule has 2 rings (SSSR count). The van der Waals surface area contributed by atoms with Crippen LogP contribution in [-0.2, 0) is 0 Å². The largest absolute Gasteiger partial charge is 0.369 e. The highest BCUT2D eigenvalue weighted by Gasteiger charge is 2.27. The average molecular weight is 562 g/mol. The first kappa shape index (κ1) is 18.2. The number of fused-ring (bicyclic) bond motifs is 1. The third kappa shape index (κ3) is 2.61. The van der Waals surface area contributed by atoms with Crippen molar-refractivity contribution in [1.29, 1.82) is 0 Å². The fourth-order valence-electron chi connectivity index (χ4n) is 2.06.